The molecule has 0 saturated carbocycles. The second-order valence-corrected chi connectivity index (χ2v) is 6.85. The van der Waals surface area contributed by atoms with Crippen LogP contribution in [0.4, 0.5) is 11.4 Å². The average Bonchev–Trinajstić information content (AvgIpc) is 3.40. The Bertz CT molecular complexity index is 959. The molecule has 0 aliphatic carbocycles. The standard InChI is InChI=1S/C20H16N2O3S/c23-19(6-3-14-8-10-25-13-14)21-16-5-4-15-7-9-22(17(15)12-16)20(24)18-2-1-11-26-18/h1-6,8,10-13H,7,9H2,(H,21,23)/b6-3+. The van der Waals surface area contributed by atoms with Crippen molar-refractivity contribution in [3.05, 3.63) is 76.4 Å². The second kappa shape index (κ2) is 7.01. The van der Waals surface area contributed by atoms with Gasteiger partial charge in [-0.1, -0.05) is 12.1 Å². The van der Waals surface area contributed by atoms with Gasteiger partial charge in [-0.05, 0) is 47.7 Å². The Hall–Kier alpha value is -3.12. The SMILES string of the molecule is O=C(/C=C/c1ccoc1)Nc1ccc2c(c1)N(C(=O)c1cccs1)CC2. The maximum atomic E-state index is 12.7. The lowest BCUT2D eigenvalue weighted by molar-refractivity contribution is -0.111. The van der Waals surface area contributed by atoms with Crippen LogP contribution in [0.2, 0.25) is 0 Å². The third-order valence-electron chi connectivity index (χ3n) is 4.20. The first-order chi connectivity index (χ1) is 12.7. The fourth-order valence-electron chi connectivity index (χ4n) is 2.93. The number of carbonyl (C=O) groups is 2. The average molecular weight is 364 g/mol. The lowest BCUT2D eigenvalue weighted by atomic mass is 10.1. The van der Waals surface area contributed by atoms with Crippen LogP contribution in [0.3, 0.4) is 0 Å². The normalized spacial score (nSPS) is 13.2. The number of rotatable bonds is 4. The highest BCUT2D eigenvalue weighted by atomic mass is 32.1. The van der Waals surface area contributed by atoms with Crippen LogP contribution in [0.5, 0.6) is 0 Å². The molecule has 0 saturated heterocycles. The third-order valence-corrected chi connectivity index (χ3v) is 5.05. The number of anilines is 2. The zero-order valence-corrected chi connectivity index (χ0v) is 14.7. The number of amides is 2. The quantitative estimate of drug-likeness (QED) is 0.706. The maximum absolute atomic E-state index is 12.7. The molecule has 1 N–H and O–H groups in total. The van der Waals surface area contributed by atoms with Crippen molar-refractivity contribution in [2.75, 3.05) is 16.8 Å². The Balaban J connectivity index is 1.50. The number of thiophene rings is 1. The van der Waals surface area contributed by atoms with E-state index in [1.807, 2.05) is 35.7 Å². The topological polar surface area (TPSA) is 62.6 Å². The first-order valence-electron chi connectivity index (χ1n) is 8.20. The fourth-order valence-corrected chi connectivity index (χ4v) is 3.60. The van der Waals surface area contributed by atoms with E-state index < -0.39 is 0 Å². The molecule has 3 aromatic rings. The van der Waals surface area contributed by atoms with Crippen LogP contribution >= 0.6 is 11.3 Å². The predicted octanol–water partition coefficient (Wildman–Crippen LogP) is 4.20. The van der Waals surface area contributed by atoms with Crippen molar-refractivity contribution >= 4 is 40.6 Å². The second-order valence-electron chi connectivity index (χ2n) is 5.91. The van der Waals surface area contributed by atoms with E-state index in [2.05, 4.69) is 5.32 Å². The number of fused-ring (bicyclic) bond motifs is 1. The van der Waals surface area contributed by atoms with Gasteiger partial charge in [0.05, 0.1) is 17.4 Å². The first kappa shape index (κ1) is 16.4. The van der Waals surface area contributed by atoms with Gasteiger partial charge in [0.15, 0.2) is 0 Å². The molecule has 1 aromatic carbocycles. The van der Waals surface area contributed by atoms with Crippen LogP contribution in [0, 0.1) is 0 Å². The lowest BCUT2D eigenvalue weighted by Gasteiger charge is -2.17. The summed E-state index contributed by atoms with van der Waals surface area (Å²) in [6.07, 6.45) is 7.07. The highest BCUT2D eigenvalue weighted by Crippen LogP contribution is 2.32. The molecule has 0 fully saturated rings. The van der Waals surface area contributed by atoms with Crippen LogP contribution < -0.4 is 10.2 Å². The Morgan fingerprint density at radius 2 is 2.15 bits per heavy atom. The van der Waals surface area contributed by atoms with E-state index in [-0.39, 0.29) is 11.8 Å². The Labute approximate surface area is 154 Å². The molecule has 0 unspecified atom stereocenters. The Morgan fingerprint density at radius 3 is 2.92 bits per heavy atom. The molecule has 1 aliphatic rings. The van der Waals surface area contributed by atoms with Crippen molar-refractivity contribution in [3.63, 3.8) is 0 Å². The minimum atomic E-state index is -0.236. The van der Waals surface area contributed by atoms with Gasteiger partial charge in [0.1, 0.15) is 0 Å². The van der Waals surface area contributed by atoms with Crippen molar-refractivity contribution in [2.45, 2.75) is 6.42 Å². The number of furan rings is 1. The molecule has 0 radical (unpaired) electrons. The van der Waals surface area contributed by atoms with Gasteiger partial charge in [-0.15, -0.1) is 11.3 Å². The fraction of sp³-hybridized carbons (Fsp3) is 0.100. The summed E-state index contributed by atoms with van der Waals surface area (Å²) in [5.74, 6) is -0.234. The number of benzene rings is 1. The van der Waals surface area contributed by atoms with E-state index in [0.717, 1.165) is 28.1 Å². The van der Waals surface area contributed by atoms with E-state index in [1.54, 1.807) is 29.6 Å². The van der Waals surface area contributed by atoms with Crippen LogP contribution in [0.25, 0.3) is 6.08 Å². The number of hydrogen-bond acceptors (Lipinski definition) is 4. The van der Waals surface area contributed by atoms with E-state index in [0.29, 0.717) is 12.2 Å². The molecule has 0 bridgehead atoms. The molecule has 6 heteroatoms. The van der Waals surface area contributed by atoms with Gasteiger partial charge < -0.3 is 14.6 Å². The van der Waals surface area contributed by atoms with E-state index in [4.69, 9.17) is 4.42 Å². The molecule has 26 heavy (non-hydrogen) atoms. The van der Waals surface area contributed by atoms with Gasteiger partial charge in [0.25, 0.3) is 5.91 Å². The minimum absolute atomic E-state index is 0.00193. The van der Waals surface area contributed by atoms with Crippen molar-refractivity contribution in [3.8, 4) is 0 Å². The summed E-state index contributed by atoms with van der Waals surface area (Å²) in [6.45, 7) is 0.657. The lowest BCUT2D eigenvalue weighted by Crippen LogP contribution is -2.28. The summed E-state index contributed by atoms with van der Waals surface area (Å²) in [6, 6.07) is 11.2. The highest BCUT2D eigenvalue weighted by Gasteiger charge is 2.26. The molecule has 2 amide bonds. The molecule has 5 nitrogen and oxygen atoms in total. The number of hydrogen-bond donors (Lipinski definition) is 1. The van der Waals surface area contributed by atoms with E-state index in [9.17, 15) is 9.59 Å². The molecule has 1 aliphatic heterocycles. The van der Waals surface area contributed by atoms with Crippen LogP contribution in [0.15, 0.2) is 64.8 Å². The van der Waals surface area contributed by atoms with Gasteiger partial charge in [0.2, 0.25) is 5.91 Å². The van der Waals surface area contributed by atoms with Gasteiger partial charge in [-0.3, -0.25) is 9.59 Å². The van der Waals surface area contributed by atoms with Gasteiger partial charge in [0, 0.05) is 29.6 Å². The summed E-state index contributed by atoms with van der Waals surface area (Å²) in [5.41, 5.74) is 3.46. The Morgan fingerprint density at radius 1 is 1.23 bits per heavy atom. The first-order valence-corrected chi connectivity index (χ1v) is 9.08. The summed E-state index contributed by atoms with van der Waals surface area (Å²) < 4.78 is 4.96. The molecule has 3 heterocycles. The van der Waals surface area contributed by atoms with Crippen molar-refractivity contribution in [2.24, 2.45) is 0 Å². The summed E-state index contributed by atoms with van der Waals surface area (Å²) in [7, 11) is 0. The van der Waals surface area contributed by atoms with Gasteiger partial charge >= 0.3 is 0 Å². The summed E-state index contributed by atoms with van der Waals surface area (Å²) in [4.78, 5) is 27.3. The third kappa shape index (κ3) is 3.32. The van der Waals surface area contributed by atoms with Crippen LogP contribution in [0.1, 0.15) is 20.8 Å². The predicted molar refractivity (Wildman–Crippen MR) is 103 cm³/mol. The van der Waals surface area contributed by atoms with Crippen molar-refractivity contribution in [1.82, 2.24) is 0 Å². The van der Waals surface area contributed by atoms with E-state index in [1.165, 1.54) is 17.4 Å². The summed E-state index contributed by atoms with van der Waals surface area (Å²) in [5, 5.41) is 4.73. The molecular weight excluding hydrogens is 348 g/mol. The molecule has 4 rings (SSSR count). The number of nitrogens with zero attached hydrogens (tertiary/aromatic N) is 1. The number of carbonyl (C=O) groups excluding carboxylic acids is 2. The zero-order chi connectivity index (χ0) is 17.9. The van der Waals surface area contributed by atoms with E-state index >= 15 is 0 Å². The number of nitrogens with one attached hydrogen (secondary N) is 1. The summed E-state index contributed by atoms with van der Waals surface area (Å²) >= 11 is 1.43. The largest absolute Gasteiger partial charge is 0.472 e. The van der Waals surface area contributed by atoms with Crippen molar-refractivity contribution < 1.29 is 14.0 Å². The smallest absolute Gasteiger partial charge is 0.268 e. The molecule has 2 aromatic heterocycles. The Kier molecular flexibility index (Phi) is 4.41. The van der Waals surface area contributed by atoms with Crippen LogP contribution in [-0.4, -0.2) is 18.4 Å². The van der Waals surface area contributed by atoms with Crippen molar-refractivity contribution in [1.29, 1.82) is 0 Å². The van der Waals surface area contributed by atoms with Gasteiger partial charge in [-0.25, -0.2) is 0 Å². The zero-order valence-electron chi connectivity index (χ0n) is 13.8. The molecule has 130 valence electrons. The maximum Gasteiger partial charge on any atom is 0.268 e. The molecule has 0 atom stereocenters. The monoisotopic (exact) mass is 364 g/mol. The van der Waals surface area contributed by atoms with Crippen LogP contribution in [-0.2, 0) is 11.2 Å². The molecular formula is C20H16N2O3S. The minimum Gasteiger partial charge on any atom is -0.472 e. The van der Waals surface area contributed by atoms with Gasteiger partial charge in [-0.2, -0.15) is 0 Å². The molecule has 0 spiro atoms. The highest BCUT2D eigenvalue weighted by molar-refractivity contribution is 7.12.